The molecule has 3 heteroatoms. The number of hydrogen-bond acceptors (Lipinski definition) is 3. The van der Waals surface area contributed by atoms with Gasteiger partial charge in [-0.05, 0) is 44.7 Å². The number of nitrogens with one attached hydrogen (secondary N) is 1. The van der Waals surface area contributed by atoms with Crippen molar-refractivity contribution in [3.63, 3.8) is 0 Å². The number of para-hydroxylation sites is 1. The number of aryl methyl sites for hydroxylation is 1. The fourth-order valence-electron chi connectivity index (χ4n) is 2.72. The van der Waals surface area contributed by atoms with E-state index in [1.165, 1.54) is 24.1 Å². The van der Waals surface area contributed by atoms with E-state index in [4.69, 9.17) is 5.26 Å². The fraction of sp³-hybridized carbons (Fsp3) is 0.562. The van der Waals surface area contributed by atoms with Crippen molar-refractivity contribution in [1.82, 2.24) is 5.32 Å². The second-order valence-corrected chi connectivity index (χ2v) is 5.51. The van der Waals surface area contributed by atoms with Crippen LogP contribution in [0.25, 0.3) is 0 Å². The minimum absolute atomic E-state index is 0.0471. The van der Waals surface area contributed by atoms with E-state index in [1.807, 2.05) is 0 Å². The van der Waals surface area contributed by atoms with E-state index >= 15 is 0 Å². The van der Waals surface area contributed by atoms with Crippen molar-refractivity contribution in [3.05, 3.63) is 29.8 Å². The molecule has 0 spiro atoms. The molecule has 1 atom stereocenters. The van der Waals surface area contributed by atoms with Crippen LogP contribution >= 0.6 is 0 Å². The Morgan fingerprint density at radius 2 is 2.16 bits per heavy atom. The minimum atomic E-state index is -0.0471. The molecule has 1 aliphatic heterocycles. The van der Waals surface area contributed by atoms with Crippen molar-refractivity contribution >= 4 is 5.69 Å². The van der Waals surface area contributed by atoms with E-state index < -0.39 is 0 Å². The molecule has 1 aromatic rings. The number of rotatable bonds is 5. The smallest absolute Gasteiger partial charge is 0.0971 e. The first-order valence-corrected chi connectivity index (χ1v) is 7.19. The van der Waals surface area contributed by atoms with Gasteiger partial charge in [0.25, 0.3) is 0 Å². The maximum atomic E-state index is 9.17. The van der Waals surface area contributed by atoms with Gasteiger partial charge in [0, 0.05) is 24.8 Å². The largest absolute Gasteiger partial charge is 0.371 e. The summed E-state index contributed by atoms with van der Waals surface area (Å²) in [5, 5.41) is 12.5. The van der Waals surface area contributed by atoms with Gasteiger partial charge in [0.05, 0.1) is 12.1 Å². The van der Waals surface area contributed by atoms with Crippen molar-refractivity contribution in [3.8, 4) is 6.07 Å². The van der Waals surface area contributed by atoms with E-state index in [0.29, 0.717) is 6.04 Å². The molecule has 0 aromatic heterocycles. The average molecular weight is 257 g/mol. The topological polar surface area (TPSA) is 39.1 Å². The van der Waals surface area contributed by atoms with Crippen LogP contribution in [-0.4, -0.2) is 25.2 Å². The summed E-state index contributed by atoms with van der Waals surface area (Å²) in [7, 11) is 0. The Bertz CT molecular complexity index is 448. The molecule has 0 aliphatic carbocycles. The monoisotopic (exact) mass is 257 g/mol. The van der Waals surface area contributed by atoms with Crippen molar-refractivity contribution in [1.29, 1.82) is 5.26 Å². The Hall–Kier alpha value is -1.53. The number of nitrogens with zero attached hydrogens (tertiary/aromatic N) is 2. The first-order valence-electron chi connectivity index (χ1n) is 7.19. The highest BCUT2D eigenvalue weighted by Gasteiger charge is 2.17. The van der Waals surface area contributed by atoms with E-state index in [9.17, 15) is 0 Å². The van der Waals surface area contributed by atoms with E-state index in [1.54, 1.807) is 0 Å². The molecule has 1 unspecified atom stereocenters. The molecule has 1 aromatic carbocycles. The third kappa shape index (κ3) is 3.71. The molecule has 1 heterocycles. The maximum Gasteiger partial charge on any atom is 0.0971 e. The molecule has 0 radical (unpaired) electrons. The van der Waals surface area contributed by atoms with Crippen LogP contribution in [0.5, 0.6) is 0 Å². The van der Waals surface area contributed by atoms with Crippen molar-refractivity contribution < 1.29 is 0 Å². The molecular formula is C16H23N3. The summed E-state index contributed by atoms with van der Waals surface area (Å²) in [5.74, 6) is 0. The molecule has 0 amide bonds. The lowest BCUT2D eigenvalue weighted by Crippen LogP contribution is -2.38. The molecule has 2 rings (SSSR count). The van der Waals surface area contributed by atoms with Crippen molar-refractivity contribution in [2.24, 2.45) is 0 Å². The fourth-order valence-corrected chi connectivity index (χ4v) is 2.72. The van der Waals surface area contributed by atoms with Gasteiger partial charge in [-0.25, -0.2) is 0 Å². The van der Waals surface area contributed by atoms with E-state index in [0.717, 1.165) is 19.5 Å². The molecule has 1 N–H and O–H groups in total. The van der Waals surface area contributed by atoms with Crippen LogP contribution in [0.4, 0.5) is 5.69 Å². The van der Waals surface area contributed by atoms with Gasteiger partial charge in [-0.1, -0.05) is 18.2 Å². The molecule has 3 nitrogen and oxygen atoms in total. The number of nitriles is 1. The number of fused-ring (bicyclic) bond motifs is 1. The Labute approximate surface area is 116 Å². The third-order valence-corrected chi connectivity index (χ3v) is 3.58. The number of hydrogen-bond donors (Lipinski definition) is 1. The van der Waals surface area contributed by atoms with Crippen LogP contribution in [0.2, 0.25) is 0 Å². The molecule has 19 heavy (non-hydrogen) atoms. The van der Waals surface area contributed by atoms with Crippen LogP contribution in [0.3, 0.4) is 0 Å². The molecule has 1 aliphatic rings. The highest BCUT2D eigenvalue weighted by Crippen LogP contribution is 2.26. The molecule has 0 fully saturated rings. The van der Waals surface area contributed by atoms with E-state index in [-0.39, 0.29) is 6.04 Å². The standard InChI is InChI=1S/C16H23N3/c1-13(2)18-15(12-17)9-11-19-10-5-7-14-6-3-4-8-16(14)19/h3-4,6,8,13,15,18H,5,7,9-11H2,1-2H3. The van der Waals surface area contributed by atoms with Crippen molar-refractivity contribution in [2.75, 3.05) is 18.0 Å². The van der Waals surface area contributed by atoms with Crippen LogP contribution in [0, 0.1) is 11.3 Å². The second kappa shape index (κ2) is 6.58. The summed E-state index contributed by atoms with van der Waals surface area (Å²) >= 11 is 0. The first kappa shape index (κ1) is 13.9. The summed E-state index contributed by atoms with van der Waals surface area (Å²) in [4.78, 5) is 2.42. The number of benzene rings is 1. The minimum Gasteiger partial charge on any atom is -0.371 e. The zero-order valence-corrected chi connectivity index (χ0v) is 11.9. The Morgan fingerprint density at radius 3 is 2.89 bits per heavy atom. The first-order chi connectivity index (χ1) is 9.20. The van der Waals surface area contributed by atoms with Crippen LogP contribution in [0.1, 0.15) is 32.3 Å². The van der Waals surface area contributed by atoms with Crippen LogP contribution in [0.15, 0.2) is 24.3 Å². The zero-order valence-electron chi connectivity index (χ0n) is 11.9. The molecular weight excluding hydrogens is 234 g/mol. The summed E-state index contributed by atoms with van der Waals surface area (Å²) in [6.45, 7) is 6.23. The average Bonchev–Trinajstić information content (AvgIpc) is 2.43. The predicted molar refractivity (Wildman–Crippen MR) is 79.3 cm³/mol. The molecule has 102 valence electrons. The van der Waals surface area contributed by atoms with Gasteiger partial charge in [0.1, 0.15) is 0 Å². The lowest BCUT2D eigenvalue weighted by molar-refractivity contribution is 0.500. The predicted octanol–water partition coefficient (Wildman–Crippen LogP) is 2.72. The summed E-state index contributed by atoms with van der Waals surface area (Å²) < 4.78 is 0. The number of anilines is 1. The Morgan fingerprint density at radius 1 is 1.37 bits per heavy atom. The zero-order chi connectivity index (χ0) is 13.7. The van der Waals surface area contributed by atoms with Gasteiger partial charge >= 0.3 is 0 Å². The van der Waals surface area contributed by atoms with Crippen LogP contribution < -0.4 is 10.2 Å². The van der Waals surface area contributed by atoms with Crippen LogP contribution in [-0.2, 0) is 6.42 Å². The van der Waals surface area contributed by atoms with Gasteiger partial charge in [0.15, 0.2) is 0 Å². The third-order valence-electron chi connectivity index (χ3n) is 3.58. The second-order valence-electron chi connectivity index (χ2n) is 5.51. The quantitative estimate of drug-likeness (QED) is 0.881. The lowest BCUT2D eigenvalue weighted by atomic mass is 10.0. The Kier molecular flexibility index (Phi) is 4.81. The molecule has 0 bridgehead atoms. The summed E-state index contributed by atoms with van der Waals surface area (Å²) in [6, 6.07) is 11.3. The Balaban J connectivity index is 1.96. The molecule has 0 saturated carbocycles. The summed E-state index contributed by atoms with van der Waals surface area (Å²) in [5.41, 5.74) is 2.80. The highest BCUT2D eigenvalue weighted by atomic mass is 15.1. The van der Waals surface area contributed by atoms with Gasteiger partial charge in [-0.3, -0.25) is 5.32 Å². The summed E-state index contributed by atoms with van der Waals surface area (Å²) in [6.07, 6.45) is 3.27. The van der Waals surface area contributed by atoms with Gasteiger partial charge in [-0.2, -0.15) is 5.26 Å². The van der Waals surface area contributed by atoms with Gasteiger partial charge < -0.3 is 4.90 Å². The van der Waals surface area contributed by atoms with Gasteiger partial charge in [-0.15, -0.1) is 0 Å². The van der Waals surface area contributed by atoms with Crippen molar-refractivity contribution in [2.45, 2.75) is 45.2 Å². The van der Waals surface area contributed by atoms with E-state index in [2.05, 4.69) is 54.4 Å². The molecule has 0 saturated heterocycles. The highest BCUT2D eigenvalue weighted by molar-refractivity contribution is 5.55. The SMILES string of the molecule is CC(C)NC(C#N)CCN1CCCc2ccccc21. The lowest BCUT2D eigenvalue weighted by Gasteiger charge is -2.32. The van der Waals surface area contributed by atoms with Gasteiger partial charge in [0.2, 0.25) is 0 Å². The normalized spacial score (nSPS) is 16.0. The maximum absolute atomic E-state index is 9.17.